The minimum Gasteiger partial charge on any atom is -0.490 e. The highest BCUT2D eigenvalue weighted by molar-refractivity contribution is 5.95. The third-order valence-corrected chi connectivity index (χ3v) is 4.32. The van der Waals surface area contributed by atoms with Gasteiger partial charge < -0.3 is 19.5 Å². The van der Waals surface area contributed by atoms with Gasteiger partial charge in [0.1, 0.15) is 6.61 Å². The number of cyclic esters (lactones) is 1. The van der Waals surface area contributed by atoms with Gasteiger partial charge in [0.05, 0.1) is 26.3 Å². The molecule has 3 rings (SSSR count). The lowest BCUT2D eigenvalue weighted by atomic mass is 10.2. The zero-order valence-electron chi connectivity index (χ0n) is 17.1. The Balaban J connectivity index is 1.56. The summed E-state index contributed by atoms with van der Waals surface area (Å²) in [7, 11) is 0. The highest BCUT2D eigenvalue weighted by Crippen LogP contribution is 2.28. The minimum absolute atomic E-state index is 0.205. The Hall–Kier alpha value is -3.66. The topological polar surface area (TPSA) is 77.1 Å². The normalized spacial score (nSPS) is 12.6. The van der Waals surface area contributed by atoms with Crippen molar-refractivity contribution in [2.24, 2.45) is 0 Å². The van der Waals surface area contributed by atoms with Crippen molar-refractivity contribution in [3.8, 4) is 23.3 Å². The summed E-state index contributed by atoms with van der Waals surface area (Å²) in [5.41, 5.74) is 2.04. The molecule has 7 nitrogen and oxygen atoms in total. The van der Waals surface area contributed by atoms with Crippen LogP contribution in [0.2, 0.25) is 0 Å². The molecule has 0 bridgehead atoms. The van der Waals surface area contributed by atoms with Gasteiger partial charge >= 0.3 is 6.09 Å². The molecule has 2 amide bonds. The molecule has 1 heterocycles. The van der Waals surface area contributed by atoms with Gasteiger partial charge in [-0.3, -0.25) is 9.69 Å². The van der Waals surface area contributed by atoms with Crippen molar-refractivity contribution in [1.82, 2.24) is 5.32 Å². The molecule has 7 heteroatoms. The SMILES string of the molecule is CCOc1ccc(C(=O)NCC#Cc2ccc(N3CCOC3=O)cc2)cc1OCC. The Morgan fingerprint density at radius 2 is 1.83 bits per heavy atom. The number of amides is 2. The predicted molar refractivity (Wildman–Crippen MR) is 113 cm³/mol. The molecule has 0 aliphatic carbocycles. The van der Waals surface area contributed by atoms with E-state index in [0.717, 1.165) is 11.3 Å². The molecule has 0 radical (unpaired) electrons. The molecule has 2 aromatic carbocycles. The van der Waals surface area contributed by atoms with Crippen molar-refractivity contribution in [3.05, 3.63) is 53.6 Å². The van der Waals surface area contributed by atoms with Crippen LogP contribution in [0.25, 0.3) is 0 Å². The van der Waals surface area contributed by atoms with E-state index in [-0.39, 0.29) is 18.5 Å². The van der Waals surface area contributed by atoms with Gasteiger partial charge in [0.15, 0.2) is 11.5 Å². The molecule has 1 aliphatic heterocycles. The van der Waals surface area contributed by atoms with Crippen LogP contribution in [0.1, 0.15) is 29.8 Å². The summed E-state index contributed by atoms with van der Waals surface area (Å²) in [5.74, 6) is 6.84. The van der Waals surface area contributed by atoms with Crippen molar-refractivity contribution in [3.63, 3.8) is 0 Å². The number of nitrogens with zero attached hydrogens (tertiary/aromatic N) is 1. The van der Waals surface area contributed by atoms with Gasteiger partial charge in [-0.15, -0.1) is 0 Å². The largest absolute Gasteiger partial charge is 0.490 e. The van der Waals surface area contributed by atoms with Crippen LogP contribution in [0.3, 0.4) is 0 Å². The smallest absolute Gasteiger partial charge is 0.414 e. The van der Waals surface area contributed by atoms with Gasteiger partial charge in [-0.25, -0.2) is 4.79 Å². The Labute approximate surface area is 175 Å². The molecule has 1 N–H and O–H groups in total. The standard InChI is InChI=1S/C23H24N2O5/c1-3-28-20-12-9-18(16-21(20)29-4-2)22(26)24-13-5-6-17-7-10-19(11-8-17)25-14-15-30-23(25)27/h7-12,16H,3-4,13-15H2,1-2H3,(H,24,26). The summed E-state index contributed by atoms with van der Waals surface area (Å²) in [6.45, 7) is 5.92. The van der Waals surface area contributed by atoms with Crippen LogP contribution in [-0.4, -0.2) is 44.9 Å². The zero-order chi connectivity index (χ0) is 21.3. The quantitative estimate of drug-likeness (QED) is 0.712. The zero-order valence-corrected chi connectivity index (χ0v) is 17.1. The summed E-state index contributed by atoms with van der Waals surface area (Å²) in [4.78, 5) is 25.5. The minimum atomic E-state index is -0.335. The number of nitrogens with one attached hydrogen (secondary N) is 1. The van der Waals surface area contributed by atoms with Crippen LogP contribution in [0.4, 0.5) is 10.5 Å². The van der Waals surface area contributed by atoms with Gasteiger partial charge in [-0.05, 0) is 56.3 Å². The maximum absolute atomic E-state index is 12.4. The summed E-state index contributed by atoms with van der Waals surface area (Å²) in [6.07, 6.45) is -0.335. The van der Waals surface area contributed by atoms with E-state index in [1.165, 1.54) is 0 Å². The summed E-state index contributed by atoms with van der Waals surface area (Å²) in [5, 5.41) is 2.77. The molecule has 0 unspecified atom stereocenters. The highest BCUT2D eigenvalue weighted by Gasteiger charge is 2.23. The first-order valence-electron chi connectivity index (χ1n) is 9.83. The van der Waals surface area contributed by atoms with E-state index < -0.39 is 0 Å². The van der Waals surface area contributed by atoms with E-state index in [9.17, 15) is 9.59 Å². The van der Waals surface area contributed by atoms with Gasteiger partial charge in [-0.2, -0.15) is 0 Å². The van der Waals surface area contributed by atoms with E-state index >= 15 is 0 Å². The van der Waals surface area contributed by atoms with E-state index in [1.807, 2.05) is 38.1 Å². The number of hydrogen-bond acceptors (Lipinski definition) is 5. The number of anilines is 1. The molecule has 1 aliphatic rings. The first-order valence-corrected chi connectivity index (χ1v) is 9.83. The molecular weight excluding hydrogens is 384 g/mol. The number of hydrogen-bond donors (Lipinski definition) is 1. The maximum atomic E-state index is 12.4. The Bertz CT molecular complexity index is 960. The van der Waals surface area contributed by atoms with Crippen LogP contribution in [0, 0.1) is 11.8 Å². The molecule has 0 atom stereocenters. The number of rotatable bonds is 7. The third-order valence-electron chi connectivity index (χ3n) is 4.32. The first kappa shape index (κ1) is 21.1. The van der Waals surface area contributed by atoms with Crippen molar-refractivity contribution >= 4 is 17.7 Å². The number of carbonyl (C=O) groups excluding carboxylic acids is 2. The fraction of sp³-hybridized carbons (Fsp3) is 0.304. The predicted octanol–water partition coefficient (Wildman–Crippen LogP) is 3.22. The van der Waals surface area contributed by atoms with E-state index in [0.29, 0.717) is 43.4 Å². The maximum Gasteiger partial charge on any atom is 0.414 e. The van der Waals surface area contributed by atoms with E-state index in [4.69, 9.17) is 14.2 Å². The number of ether oxygens (including phenoxy) is 3. The monoisotopic (exact) mass is 408 g/mol. The van der Waals surface area contributed by atoms with Crippen LogP contribution in [-0.2, 0) is 4.74 Å². The fourth-order valence-corrected chi connectivity index (χ4v) is 2.92. The molecule has 0 aromatic heterocycles. The van der Waals surface area contributed by atoms with Crippen LogP contribution in [0.15, 0.2) is 42.5 Å². The van der Waals surface area contributed by atoms with Gasteiger partial charge in [0.25, 0.3) is 5.91 Å². The number of benzene rings is 2. The van der Waals surface area contributed by atoms with E-state index in [1.54, 1.807) is 23.1 Å². The van der Waals surface area contributed by atoms with Crippen molar-refractivity contribution in [2.75, 3.05) is 37.8 Å². The molecule has 1 saturated heterocycles. The van der Waals surface area contributed by atoms with Crippen LogP contribution in [0.5, 0.6) is 11.5 Å². The second-order valence-electron chi connectivity index (χ2n) is 6.32. The fourth-order valence-electron chi connectivity index (χ4n) is 2.92. The van der Waals surface area contributed by atoms with Gasteiger partial charge in [0, 0.05) is 16.8 Å². The van der Waals surface area contributed by atoms with Crippen molar-refractivity contribution in [1.29, 1.82) is 0 Å². The second kappa shape index (κ2) is 10.2. The molecule has 1 fully saturated rings. The summed E-state index contributed by atoms with van der Waals surface area (Å²) in [6, 6.07) is 12.4. The Morgan fingerprint density at radius 3 is 2.50 bits per heavy atom. The lowest BCUT2D eigenvalue weighted by Gasteiger charge is -2.12. The molecule has 30 heavy (non-hydrogen) atoms. The summed E-state index contributed by atoms with van der Waals surface area (Å²) < 4.78 is 16.0. The van der Waals surface area contributed by atoms with Crippen LogP contribution < -0.4 is 19.7 Å². The van der Waals surface area contributed by atoms with Gasteiger partial charge in [-0.1, -0.05) is 11.8 Å². The Kier molecular flexibility index (Phi) is 7.17. The summed E-state index contributed by atoms with van der Waals surface area (Å²) >= 11 is 0. The number of carbonyl (C=O) groups is 2. The lowest BCUT2D eigenvalue weighted by molar-refractivity contribution is 0.0958. The Morgan fingerprint density at radius 1 is 1.10 bits per heavy atom. The highest BCUT2D eigenvalue weighted by atomic mass is 16.6. The molecular formula is C23H24N2O5. The average molecular weight is 408 g/mol. The first-order chi connectivity index (χ1) is 14.6. The molecule has 2 aromatic rings. The average Bonchev–Trinajstić information content (AvgIpc) is 3.19. The van der Waals surface area contributed by atoms with Crippen LogP contribution >= 0.6 is 0 Å². The lowest BCUT2D eigenvalue weighted by Crippen LogP contribution is -2.23. The van der Waals surface area contributed by atoms with Crippen molar-refractivity contribution < 1.29 is 23.8 Å². The molecule has 0 spiro atoms. The van der Waals surface area contributed by atoms with Crippen molar-refractivity contribution in [2.45, 2.75) is 13.8 Å². The molecule has 0 saturated carbocycles. The second-order valence-corrected chi connectivity index (χ2v) is 6.32. The van der Waals surface area contributed by atoms with Gasteiger partial charge in [0.2, 0.25) is 0 Å². The third kappa shape index (κ3) is 5.23. The molecule has 156 valence electrons. The van der Waals surface area contributed by atoms with E-state index in [2.05, 4.69) is 17.2 Å².